The van der Waals surface area contributed by atoms with Gasteiger partial charge in [0.1, 0.15) is 3.70 Å². The van der Waals surface area contributed by atoms with Gasteiger partial charge in [0.15, 0.2) is 12.5 Å². The van der Waals surface area contributed by atoms with E-state index in [2.05, 4.69) is 43.5 Å². The fourth-order valence-electron chi connectivity index (χ4n) is 0.628. The normalized spacial score (nSPS) is 9.92. The lowest BCUT2D eigenvalue weighted by molar-refractivity contribution is 0.0501. The van der Waals surface area contributed by atoms with Gasteiger partial charge in [-0.25, -0.2) is 4.98 Å². The number of halogens is 2. The van der Waals surface area contributed by atoms with E-state index in [9.17, 15) is 0 Å². The molecular weight excluding hydrogens is 337 g/mol. The summed E-state index contributed by atoms with van der Waals surface area (Å²) >= 11 is 5.41. The van der Waals surface area contributed by atoms with E-state index in [0.717, 1.165) is 13.9 Å². The van der Waals surface area contributed by atoms with Crippen LogP contribution in [0.3, 0.4) is 0 Å². The van der Waals surface area contributed by atoms with Gasteiger partial charge in [-0.2, -0.15) is 0 Å². The first-order chi connectivity index (χ1) is 5.74. The summed E-state index contributed by atoms with van der Waals surface area (Å²) in [5.41, 5.74) is 0. The summed E-state index contributed by atoms with van der Waals surface area (Å²) in [6.07, 6.45) is 1.72. The molecule has 0 aliphatic carbocycles. The number of nitrogens with zero attached hydrogens (tertiary/aromatic N) is 1. The van der Waals surface area contributed by atoms with Gasteiger partial charge >= 0.3 is 0 Å². The molecule has 1 rings (SSSR count). The van der Waals surface area contributed by atoms with Crippen LogP contribution in [0.15, 0.2) is 16.7 Å². The zero-order valence-corrected chi connectivity index (χ0v) is 10.1. The number of rotatable bonds is 3. The van der Waals surface area contributed by atoms with Gasteiger partial charge in [0.2, 0.25) is 0 Å². The standard InChI is InChI=1S/C7H7BrINO2/c1-11-4-12-6-2-5(8)3-10-7(6)9/h2-3H,4H2,1H3. The molecule has 5 heteroatoms. The highest BCUT2D eigenvalue weighted by Crippen LogP contribution is 2.22. The van der Waals surface area contributed by atoms with Crippen LogP contribution in [0.4, 0.5) is 0 Å². The molecule has 0 bridgehead atoms. The predicted molar refractivity (Wildman–Crippen MR) is 57.2 cm³/mol. The van der Waals surface area contributed by atoms with Crippen molar-refractivity contribution in [2.45, 2.75) is 0 Å². The van der Waals surface area contributed by atoms with Crippen LogP contribution in [0.1, 0.15) is 0 Å². The third kappa shape index (κ3) is 2.87. The molecule has 1 aromatic heterocycles. The molecule has 0 N–H and O–H groups in total. The Morgan fingerprint density at radius 3 is 3.08 bits per heavy atom. The van der Waals surface area contributed by atoms with Crippen molar-refractivity contribution < 1.29 is 9.47 Å². The van der Waals surface area contributed by atoms with Crippen molar-refractivity contribution >= 4 is 38.5 Å². The van der Waals surface area contributed by atoms with Gasteiger partial charge in [0.25, 0.3) is 0 Å². The van der Waals surface area contributed by atoms with Crippen molar-refractivity contribution in [3.05, 3.63) is 20.4 Å². The van der Waals surface area contributed by atoms with E-state index in [1.165, 1.54) is 0 Å². The predicted octanol–water partition coefficient (Wildman–Crippen LogP) is 2.43. The largest absolute Gasteiger partial charge is 0.465 e. The minimum Gasteiger partial charge on any atom is -0.465 e. The molecule has 66 valence electrons. The van der Waals surface area contributed by atoms with Crippen LogP contribution in [0.5, 0.6) is 5.75 Å². The Bertz CT molecular complexity index is 270. The molecule has 0 fully saturated rings. The molecule has 0 radical (unpaired) electrons. The van der Waals surface area contributed by atoms with Crippen LogP contribution in [0.2, 0.25) is 0 Å². The lowest BCUT2D eigenvalue weighted by Gasteiger charge is -2.05. The molecule has 3 nitrogen and oxygen atoms in total. The van der Waals surface area contributed by atoms with Crippen LogP contribution in [-0.4, -0.2) is 18.9 Å². The van der Waals surface area contributed by atoms with E-state index in [1.807, 2.05) is 6.07 Å². The Kier molecular flexibility index (Phi) is 4.24. The van der Waals surface area contributed by atoms with Crippen LogP contribution in [0.25, 0.3) is 0 Å². The Balaban J connectivity index is 2.75. The van der Waals surface area contributed by atoms with Crippen LogP contribution in [0, 0.1) is 3.70 Å². The number of hydrogen-bond donors (Lipinski definition) is 0. The first-order valence-corrected chi connectivity index (χ1v) is 5.04. The second-order valence-corrected chi connectivity index (χ2v) is 3.93. The van der Waals surface area contributed by atoms with Crippen LogP contribution in [-0.2, 0) is 4.74 Å². The Morgan fingerprint density at radius 1 is 1.67 bits per heavy atom. The average Bonchev–Trinajstić information content (AvgIpc) is 2.07. The molecule has 0 saturated heterocycles. The molecular formula is C7H7BrINO2. The van der Waals surface area contributed by atoms with Crippen molar-refractivity contribution in [2.24, 2.45) is 0 Å². The van der Waals surface area contributed by atoms with Crippen molar-refractivity contribution in [1.29, 1.82) is 0 Å². The molecule has 0 atom stereocenters. The summed E-state index contributed by atoms with van der Waals surface area (Å²) in [6, 6.07) is 1.85. The van der Waals surface area contributed by atoms with Crippen molar-refractivity contribution in [2.75, 3.05) is 13.9 Å². The molecule has 1 heterocycles. The SMILES string of the molecule is COCOc1cc(Br)cnc1I. The minimum atomic E-state index is 0.244. The van der Waals surface area contributed by atoms with Crippen molar-refractivity contribution in [3.63, 3.8) is 0 Å². The second-order valence-electron chi connectivity index (χ2n) is 1.99. The van der Waals surface area contributed by atoms with Crippen LogP contribution >= 0.6 is 38.5 Å². The quantitative estimate of drug-likeness (QED) is 0.480. The zero-order chi connectivity index (χ0) is 8.97. The Morgan fingerprint density at radius 2 is 2.42 bits per heavy atom. The third-order valence-electron chi connectivity index (χ3n) is 1.11. The first-order valence-electron chi connectivity index (χ1n) is 3.17. The smallest absolute Gasteiger partial charge is 0.188 e. The summed E-state index contributed by atoms with van der Waals surface area (Å²) < 4.78 is 11.7. The number of pyridine rings is 1. The van der Waals surface area contributed by atoms with E-state index in [1.54, 1.807) is 13.3 Å². The highest BCUT2D eigenvalue weighted by atomic mass is 127. The molecule has 12 heavy (non-hydrogen) atoms. The van der Waals surface area contributed by atoms with Gasteiger partial charge in [-0.1, -0.05) is 0 Å². The van der Waals surface area contributed by atoms with Gasteiger partial charge in [0.05, 0.1) is 0 Å². The summed E-state index contributed by atoms with van der Waals surface area (Å²) in [5, 5.41) is 0. The summed E-state index contributed by atoms with van der Waals surface area (Å²) in [6.45, 7) is 0.244. The number of aromatic nitrogens is 1. The van der Waals surface area contributed by atoms with Gasteiger partial charge in [-0.15, -0.1) is 0 Å². The zero-order valence-electron chi connectivity index (χ0n) is 6.38. The molecule has 0 unspecified atom stereocenters. The van der Waals surface area contributed by atoms with E-state index in [-0.39, 0.29) is 6.79 Å². The lowest BCUT2D eigenvalue weighted by atomic mass is 10.5. The number of methoxy groups -OCH3 is 1. The summed E-state index contributed by atoms with van der Waals surface area (Å²) in [7, 11) is 1.58. The summed E-state index contributed by atoms with van der Waals surface area (Å²) in [5.74, 6) is 0.729. The third-order valence-corrected chi connectivity index (χ3v) is 2.35. The molecule has 0 aliphatic heterocycles. The molecule has 0 amide bonds. The molecule has 1 aromatic rings. The average molecular weight is 344 g/mol. The minimum absolute atomic E-state index is 0.244. The fraction of sp³-hybridized carbons (Fsp3) is 0.286. The maximum Gasteiger partial charge on any atom is 0.188 e. The van der Waals surface area contributed by atoms with Gasteiger partial charge in [-0.3, -0.25) is 0 Å². The maximum atomic E-state index is 5.24. The summed E-state index contributed by atoms with van der Waals surface area (Å²) in [4.78, 5) is 4.09. The van der Waals surface area contributed by atoms with Gasteiger partial charge < -0.3 is 9.47 Å². The lowest BCUT2D eigenvalue weighted by Crippen LogP contribution is -2.01. The number of ether oxygens (including phenoxy) is 2. The van der Waals surface area contributed by atoms with E-state index in [0.29, 0.717) is 0 Å². The molecule has 0 saturated carbocycles. The van der Waals surface area contributed by atoms with Crippen molar-refractivity contribution in [3.8, 4) is 5.75 Å². The molecule has 0 spiro atoms. The number of hydrogen-bond acceptors (Lipinski definition) is 3. The topological polar surface area (TPSA) is 31.4 Å². The highest BCUT2D eigenvalue weighted by Gasteiger charge is 2.01. The highest BCUT2D eigenvalue weighted by molar-refractivity contribution is 14.1. The first kappa shape index (κ1) is 10.2. The second kappa shape index (κ2) is 4.98. The van der Waals surface area contributed by atoms with Gasteiger partial charge in [0, 0.05) is 17.8 Å². The Labute approximate surface area is 92.7 Å². The van der Waals surface area contributed by atoms with Gasteiger partial charge in [-0.05, 0) is 44.6 Å². The molecule has 0 aliphatic rings. The van der Waals surface area contributed by atoms with Crippen LogP contribution < -0.4 is 4.74 Å². The van der Waals surface area contributed by atoms with E-state index >= 15 is 0 Å². The van der Waals surface area contributed by atoms with Crippen molar-refractivity contribution in [1.82, 2.24) is 4.98 Å². The molecule has 0 aromatic carbocycles. The van der Waals surface area contributed by atoms with E-state index < -0.39 is 0 Å². The monoisotopic (exact) mass is 343 g/mol. The fourth-order valence-corrected chi connectivity index (χ4v) is 1.39. The van der Waals surface area contributed by atoms with E-state index in [4.69, 9.17) is 9.47 Å². The maximum absolute atomic E-state index is 5.24. The Hall–Kier alpha value is 0.120.